The van der Waals surface area contributed by atoms with E-state index in [4.69, 9.17) is 16.7 Å². The van der Waals surface area contributed by atoms with Crippen molar-refractivity contribution in [1.29, 1.82) is 0 Å². The zero-order valence-corrected chi connectivity index (χ0v) is 10.4. The number of carboxylic acid groups (broad SMARTS) is 1. The highest BCUT2D eigenvalue weighted by atomic mass is 35.5. The number of hydrogen-bond donors (Lipinski definition) is 1. The standard InChI is InChI=1S/C13H14ClNO2/c1-2-3-6-15-8-11(13(16)17)10-5-4-9(14)7-12(10)15/h4-5,7-8H,2-3,6H2,1H3,(H,16,17). The molecule has 2 rings (SSSR count). The Kier molecular flexibility index (Phi) is 3.38. The second-order valence-electron chi connectivity index (χ2n) is 4.06. The molecule has 1 heterocycles. The topological polar surface area (TPSA) is 42.2 Å². The van der Waals surface area contributed by atoms with E-state index in [1.165, 1.54) is 0 Å². The van der Waals surface area contributed by atoms with Crippen LogP contribution in [0, 0.1) is 0 Å². The number of benzene rings is 1. The van der Waals surface area contributed by atoms with Crippen LogP contribution in [-0.2, 0) is 6.54 Å². The molecular weight excluding hydrogens is 238 g/mol. The molecule has 1 aromatic heterocycles. The maximum Gasteiger partial charge on any atom is 0.337 e. The van der Waals surface area contributed by atoms with E-state index in [1.54, 1.807) is 18.3 Å². The molecule has 4 heteroatoms. The fraction of sp³-hybridized carbons (Fsp3) is 0.308. The Balaban J connectivity index is 2.58. The van der Waals surface area contributed by atoms with Crippen LogP contribution in [0.15, 0.2) is 24.4 Å². The first-order chi connectivity index (χ1) is 8.13. The Hall–Kier alpha value is -1.48. The molecule has 2 aromatic rings. The fourth-order valence-corrected chi connectivity index (χ4v) is 2.12. The first-order valence-corrected chi connectivity index (χ1v) is 6.03. The highest BCUT2D eigenvalue weighted by molar-refractivity contribution is 6.31. The summed E-state index contributed by atoms with van der Waals surface area (Å²) in [6.07, 6.45) is 3.79. The third-order valence-electron chi connectivity index (χ3n) is 2.83. The summed E-state index contributed by atoms with van der Waals surface area (Å²) in [5.41, 5.74) is 1.23. The summed E-state index contributed by atoms with van der Waals surface area (Å²) in [6.45, 7) is 2.93. The number of fused-ring (bicyclic) bond motifs is 1. The minimum atomic E-state index is -0.896. The van der Waals surface area contributed by atoms with Crippen LogP contribution in [0.25, 0.3) is 10.9 Å². The van der Waals surface area contributed by atoms with Crippen LogP contribution in [0.4, 0.5) is 0 Å². The van der Waals surface area contributed by atoms with Gasteiger partial charge in [-0.3, -0.25) is 0 Å². The van der Waals surface area contributed by atoms with Crippen molar-refractivity contribution in [1.82, 2.24) is 4.57 Å². The van der Waals surface area contributed by atoms with E-state index in [0.717, 1.165) is 30.3 Å². The number of rotatable bonds is 4. The van der Waals surface area contributed by atoms with Gasteiger partial charge in [-0.25, -0.2) is 4.79 Å². The average Bonchev–Trinajstić information content (AvgIpc) is 2.64. The zero-order valence-electron chi connectivity index (χ0n) is 9.61. The predicted octanol–water partition coefficient (Wildman–Crippen LogP) is 3.79. The molecule has 0 saturated carbocycles. The molecule has 0 radical (unpaired) electrons. The number of unbranched alkanes of at least 4 members (excludes halogenated alkanes) is 1. The molecule has 0 unspecified atom stereocenters. The van der Waals surface area contributed by atoms with E-state index in [1.807, 2.05) is 10.6 Å². The van der Waals surface area contributed by atoms with Crippen LogP contribution in [0.1, 0.15) is 30.1 Å². The summed E-state index contributed by atoms with van der Waals surface area (Å²) in [4.78, 5) is 11.1. The zero-order chi connectivity index (χ0) is 12.4. The lowest BCUT2D eigenvalue weighted by molar-refractivity contribution is 0.0699. The Morgan fingerprint density at radius 3 is 2.88 bits per heavy atom. The van der Waals surface area contributed by atoms with Crippen LogP contribution < -0.4 is 0 Å². The van der Waals surface area contributed by atoms with Gasteiger partial charge in [-0.1, -0.05) is 31.0 Å². The molecule has 1 aromatic carbocycles. The van der Waals surface area contributed by atoms with E-state index in [-0.39, 0.29) is 0 Å². The van der Waals surface area contributed by atoms with Crippen molar-refractivity contribution < 1.29 is 9.90 Å². The van der Waals surface area contributed by atoms with Crippen LogP contribution >= 0.6 is 11.6 Å². The van der Waals surface area contributed by atoms with Gasteiger partial charge in [0.1, 0.15) is 0 Å². The lowest BCUT2D eigenvalue weighted by atomic mass is 10.2. The normalized spacial score (nSPS) is 10.9. The lowest BCUT2D eigenvalue weighted by Gasteiger charge is -2.03. The monoisotopic (exact) mass is 251 g/mol. The van der Waals surface area contributed by atoms with Gasteiger partial charge in [0.15, 0.2) is 0 Å². The lowest BCUT2D eigenvalue weighted by Crippen LogP contribution is -1.96. The highest BCUT2D eigenvalue weighted by Gasteiger charge is 2.13. The molecular formula is C13H14ClNO2. The van der Waals surface area contributed by atoms with Crippen LogP contribution in [0.2, 0.25) is 5.02 Å². The molecule has 0 amide bonds. The van der Waals surface area contributed by atoms with Crippen molar-refractivity contribution in [3.8, 4) is 0 Å². The molecule has 0 aliphatic rings. The average molecular weight is 252 g/mol. The van der Waals surface area contributed by atoms with Crippen LogP contribution in [0.5, 0.6) is 0 Å². The van der Waals surface area contributed by atoms with Crippen molar-refractivity contribution in [2.75, 3.05) is 0 Å². The predicted molar refractivity (Wildman–Crippen MR) is 68.8 cm³/mol. The summed E-state index contributed by atoms with van der Waals surface area (Å²) in [7, 11) is 0. The number of aromatic carboxylic acids is 1. The third-order valence-corrected chi connectivity index (χ3v) is 3.06. The number of carboxylic acids is 1. The maximum absolute atomic E-state index is 11.1. The van der Waals surface area contributed by atoms with E-state index >= 15 is 0 Å². The van der Waals surface area contributed by atoms with Gasteiger partial charge in [0.05, 0.1) is 11.1 Å². The first kappa shape index (κ1) is 12.0. The van der Waals surface area contributed by atoms with Crippen molar-refractivity contribution in [3.05, 3.63) is 35.0 Å². The summed E-state index contributed by atoms with van der Waals surface area (Å²) in [5.74, 6) is -0.896. The quantitative estimate of drug-likeness (QED) is 0.898. The SMILES string of the molecule is CCCCn1cc(C(=O)O)c2ccc(Cl)cc21. The van der Waals surface area contributed by atoms with Crippen molar-refractivity contribution in [2.45, 2.75) is 26.3 Å². The molecule has 3 nitrogen and oxygen atoms in total. The maximum atomic E-state index is 11.1. The summed E-state index contributed by atoms with van der Waals surface area (Å²) < 4.78 is 1.97. The number of nitrogens with zero attached hydrogens (tertiary/aromatic N) is 1. The molecule has 0 fully saturated rings. The van der Waals surface area contributed by atoms with Gasteiger partial charge in [0.2, 0.25) is 0 Å². The van der Waals surface area contributed by atoms with E-state index < -0.39 is 5.97 Å². The van der Waals surface area contributed by atoms with Crippen molar-refractivity contribution in [3.63, 3.8) is 0 Å². The van der Waals surface area contributed by atoms with Gasteiger partial charge >= 0.3 is 5.97 Å². The number of aromatic nitrogens is 1. The van der Waals surface area contributed by atoms with Gasteiger partial charge in [0.25, 0.3) is 0 Å². The molecule has 0 saturated heterocycles. The molecule has 0 spiro atoms. The van der Waals surface area contributed by atoms with Gasteiger partial charge in [-0.15, -0.1) is 0 Å². The first-order valence-electron chi connectivity index (χ1n) is 5.65. The second kappa shape index (κ2) is 4.80. The van der Waals surface area contributed by atoms with Crippen LogP contribution in [-0.4, -0.2) is 15.6 Å². The van der Waals surface area contributed by atoms with Gasteiger partial charge < -0.3 is 9.67 Å². The minimum absolute atomic E-state index is 0.341. The Morgan fingerprint density at radius 2 is 2.24 bits per heavy atom. The van der Waals surface area contributed by atoms with E-state index in [9.17, 15) is 4.79 Å². The summed E-state index contributed by atoms with van der Waals surface area (Å²) in [5, 5.41) is 10.5. The second-order valence-corrected chi connectivity index (χ2v) is 4.49. The highest BCUT2D eigenvalue weighted by Crippen LogP contribution is 2.25. The molecule has 90 valence electrons. The van der Waals surface area contributed by atoms with Gasteiger partial charge in [-0.05, 0) is 18.6 Å². The largest absolute Gasteiger partial charge is 0.478 e. The van der Waals surface area contributed by atoms with Gasteiger partial charge in [0, 0.05) is 23.2 Å². The van der Waals surface area contributed by atoms with Crippen molar-refractivity contribution >= 4 is 28.5 Å². The Morgan fingerprint density at radius 1 is 1.47 bits per heavy atom. The number of hydrogen-bond acceptors (Lipinski definition) is 1. The number of aryl methyl sites for hydroxylation is 1. The molecule has 17 heavy (non-hydrogen) atoms. The molecule has 1 N–H and O–H groups in total. The number of carbonyl (C=O) groups is 1. The molecule has 0 atom stereocenters. The van der Waals surface area contributed by atoms with E-state index in [2.05, 4.69) is 6.92 Å². The third kappa shape index (κ3) is 2.29. The number of halogens is 1. The van der Waals surface area contributed by atoms with Gasteiger partial charge in [-0.2, -0.15) is 0 Å². The van der Waals surface area contributed by atoms with Crippen molar-refractivity contribution in [2.24, 2.45) is 0 Å². The molecule has 0 aliphatic heterocycles. The summed E-state index contributed by atoms with van der Waals surface area (Å²) in [6, 6.07) is 5.31. The smallest absolute Gasteiger partial charge is 0.337 e. The van der Waals surface area contributed by atoms with Crippen LogP contribution in [0.3, 0.4) is 0 Å². The minimum Gasteiger partial charge on any atom is -0.478 e. The summed E-state index contributed by atoms with van der Waals surface area (Å²) >= 11 is 5.95. The van der Waals surface area contributed by atoms with E-state index in [0.29, 0.717) is 10.6 Å². The molecule has 0 aliphatic carbocycles. The molecule has 0 bridgehead atoms. The Bertz CT molecular complexity index is 560. The fourth-order valence-electron chi connectivity index (χ4n) is 1.95. The Labute approximate surface area is 105 Å².